The van der Waals surface area contributed by atoms with Crippen molar-refractivity contribution in [3.8, 4) is 5.75 Å². The number of aryl methyl sites for hydroxylation is 2. The fourth-order valence-corrected chi connectivity index (χ4v) is 2.26. The van der Waals surface area contributed by atoms with Crippen LogP contribution in [0.4, 0.5) is 0 Å². The molecule has 0 radical (unpaired) electrons. The third kappa shape index (κ3) is 2.09. The van der Waals surface area contributed by atoms with Gasteiger partial charge >= 0.3 is 0 Å². The number of halogens is 1. The Balaban J connectivity index is 2.42. The number of ether oxygens (including phenoxy) is 1. The lowest BCUT2D eigenvalue weighted by molar-refractivity contribution is 0.415. The summed E-state index contributed by atoms with van der Waals surface area (Å²) in [6.45, 7) is 2.17. The second-order valence-electron chi connectivity index (χ2n) is 3.93. The molecule has 2 aromatic rings. The summed E-state index contributed by atoms with van der Waals surface area (Å²) < 4.78 is 5.25. The lowest BCUT2D eigenvalue weighted by Crippen LogP contribution is -1.88. The Morgan fingerprint density at radius 1 is 1.38 bits per heavy atom. The molecular weight excluding hydrogens is 266 g/mol. The van der Waals surface area contributed by atoms with Crippen LogP contribution in [-0.4, -0.2) is 17.4 Å². The van der Waals surface area contributed by atoms with E-state index in [0.29, 0.717) is 0 Å². The zero-order chi connectivity index (χ0) is 11.5. The van der Waals surface area contributed by atoms with Gasteiger partial charge in [0.15, 0.2) is 0 Å². The van der Waals surface area contributed by atoms with E-state index in [-0.39, 0.29) is 0 Å². The van der Waals surface area contributed by atoms with E-state index >= 15 is 0 Å². The van der Waals surface area contributed by atoms with Gasteiger partial charge in [0.05, 0.1) is 7.11 Å². The van der Waals surface area contributed by atoms with Gasteiger partial charge in [0.1, 0.15) is 5.75 Å². The number of alkyl halides is 1. The highest BCUT2D eigenvalue weighted by molar-refractivity contribution is 9.09. The van der Waals surface area contributed by atoms with Gasteiger partial charge in [-0.3, -0.25) is 0 Å². The van der Waals surface area contributed by atoms with Gasteiger partial charge in [0, 0.05) is 21.9 Å². The molecule has 0 saturated carbocycles. The van der Waals surface area contributed by atoms with E-state index in [2.05, 4.69) is 40.0 Å². The summed E-state index contributed by atoms with van der Waals surface area (Å²) >= 11 is 3.46. The highest BCUT2D eigenvalue weighted by Crippen LogP contribution is 2.26. The lowest BCUT2D eigenvalue weighted by Gasteiger charge is -1.99. The highest BCUT2D eigenvalue weighted by atomic mass is 79.9. The zero-order valence-corrected chi connectivity index (χ0v) is 11.2. The van der Waals surface area contributed by atoms with Crippen LogP contribution in [0.25, 0.3) is 10.9 Å². The Kier molecular flexibility index (Phi) is 3.54. The fourth-order valence-electron chi connectivity index (χ4n) is 1.98. The van der Waals surface area contributed by atoms with E-state index in [0.717, 1.165) is 23.9 Å². The first-order valence-corrected chi connectivity index (χ1v) is 6.59. The molecule has 0 aliphatic rings. The van der Waals surface area contributed by atoms with Crippen LogP contribution in [0.3, 0.4) is 0 Å². The topological polar surface area (TPSA) is 25.0 Å². The van der Waals surface area contributed by atoms with Crippen LogP contribution < -0.4 is 4.74 Å². The van der Waals surface area contributed by atoms with Crippen molar-refractivity contribution >= 4 is 26.8 Å². The highest BCUT2D eigenvalue weighted by Gasteiger charge is 2.07. The van der Waals surface area contributed by atoms with Gasteiger partial charge in [0.2, 0.25) is 0 Å². The van der Waals surface area contributed by atoms with E-state index in [9.17, 15) is 0 Å². The van der Waals surface area contributed by atoms with Crippen LogP contribution in [0.1, 0.15) is 17.7 Å². The predicted octanol–water partition coefficient (Wildman–Crippen LogP) is 3.81. The Morgan fingerprint density at radius 2 is 2.19 bits per heavy atom. The zero-order valence-electron chi connectivity index (χ0n) is 9.64. The molecule has 0 unspecified atom stereocenters. The average Bonchev–Trinajstić information content (AvgIpc) is 2.63. The van der Waals surface area contributed by atoms with Gasteiger partial charge < -0.3 is 9.72 Å². The quantitative estimate of drug-likeness (QED) is 0.847. The number of rotatable bonds is 4. The van der Waals surface area contributed by atoms with E-state index < -0.39 is 0 Å². The molecule has 1 heterocycles. The monoisotopic (exact) mass is 281 g/mol. The SMILES string of the molecule is COc1ccc2[nH]c(CCCBr)c(C)c2c1. The number of hydrogen-bond donors (Lipinski definition) is 1. The summed E-state index contributed by atoms with van der Waals surface area (Å²) in [6.07, 6.45) is 2.25. The first-order valence-electron chi connectivity index (χ1n) is 5.47. The summed E-state index contributed by atoms with van der Waals surface area (Å²) in [5.74, 6) is 0.918. The van der Waals surface area contributed by atoms with Gasteiger partial charge in [-0.15, -0.1) is 0 Å². The molecule has 2 rings (SSSR count). The van der Waals surface area contributed by atoms with Crippen molar-refractivity contribution in [3.63, 3.8) is 0 Å². The molecule has 0 aliphatic heterocycles. The summed E-state index contributed by atoms with van der Waals surface area (Å²) in [4.78, 5) is 3.47. The predicted molar refractivity (Wildman–Crippen MR) is 71.7 cm³/mol. The average molecular weight is 282 g/mol. The van der Waals surface area contributed by atoms with Crippen LogP contribution in [0.5, 0.6) is 5.75 Å². The number of H-pyrrole nitrogens is 1. The Morgan fingerprint density at radius 3 is 2.88 bits per heavy atom. The first-order chi connectivity index (χ1) is 7.76. The van der Waals surface area contributed by atoms with Crippen molar-refractivity contribution < 1.29 is 4.74 Å². The van der Waals surface area contributed by atoms with Crippen molar-refractivity contribution in [3.05, 3.63) is 29.5 Å². The van der Waals surface area contributed by atoms with Crippen molar-refractivity contribution in [1.82, 2.24) is 4.98 Å². The van der Waals surface area contributed by atoms with E-state index in [4.69, 9.17) is 4.74 Å². The van der Waals surface area contributed by atoms with Crippen molar-refractivity contribution in [1.29, 1.82) is 0 Å². The maximum Gasteiger partial charge on any atom is 0.119 e. The number of methoxy groups -OCH3 is 1. The molecule has 16 heavy (non-hydrogen) atoms. The summed E-state index contributed by atoms with van der Waals surface area (Å²) in [5, 5.41) is 2.31. The molecule has 0 atom stereocenters. The number of nitrogens with one attached hydrogen (secondary N) is 1. The van der Waals surface area contributed by atoms with Crippen LogP contribution in [0, 0.1) is 6.92 Å². The fraction of sp³-hybridized carbons (Fsp3) is 0.385. The van der Waals surface area contributed by atoms with E-state index in [1.807, 2.05) is 6.07 Å². The molecule has 0 bridgehead atoms. The summed E-state index contributed by atoms with van der Waals surface area (Å²) in [6, 6.07) is 6.17. The molecule has 86 valence electrons. The lowest BCUT2D eigenvalue weighted by atomic mass is 10.1. The molecule has 1 aromatic carbocycles. The first kappa shape index (κ1) is 11.5. The summed E-state index contributed by atoms with van der Waals surface area (Å²) in [7, 11) is 1.70. The van der Waals surface area contributed by atoms with Gasteiger partial charge in [0.25, 0.3) is 0 Å². The van der Waals surface area contributed by atoms with Crippen LogP contribution in [0.2, 0.25) is 0 Å². The molecule has 0 aliphatic carbocycles. The van der Waals surface area contributed by atoms with E-state index in [1.165, 1.54) is 22.2 Å². The number of benzene rings is 1. The Hall–Kier alpha value is -0.960. The molecule has 0 spiro atoms. The van der Waals surface area contributed by atoms with Gasteiger partial charge in [-0.1, -0.05) is 15.9 Å². The number of aromatic nitrogens is 1. The van der Waals surface area contributed by atoms with Crippen LogP contribution in [0.15, 0.2) is 18.2 Å². The standard InChI is InChI=1S/C13H16BrNO/c1-9-11-8-10(16-2)5-6-13(11)15-12(9)4-3-7-14/h5-6,8,15H,3-4,7H2,1-2H3. The smallest absolute Gasteiger partial charge is 0.119 e. The number of fused-ring (bicyclic) bond motifs is 1. The molecule has 3 heteroatoms. The van der Waals surface area contributed by atoms with Gasteiger partial charge in [-0.05, 0) is 43.5 Å². The second kappa shape index (κ2) is 4.91. The molecule has 0 fully saturated rings. The minimum absolute atomic E-state index is 0.918. The van der Waals surface area contributed by atoms with Crippen LogP contribution >= 0.6 is 15.9 Å². The Labute approximate surface area is 104 Å². The number of aromatic amines is 1. The van der Waals surface area contributed by atoms with Gasteiger partial charge in [-0.2, -0.15) is 0 Å². The van der Waals surface area contributed by atoms with Crippen molar-refractivity contribution in [2.75, 3.05) is 12.4 Å². The maximum absolute atomic E-state index is 5.25. The molecule has 0 amide bonds. The molecule has 1 N–H and O–H groups in total. The molecule has 0 saturated heterocycles. The third-order valence-corrected chi connectivity index (χ3v) is 3.49. The Bertz CT molecular complexity index is 490. The minimum Gasteiger partial charge on any atom is -0.497 e. The minimum atomic E-state index is 0.918. The van der Waals surface area contributed by atoms with Crippen molar-refractivity contribution in [2.45, 2.75) is 19.8 Å². The molecule has 1 aromatic heterocycles. The van der Waals surface area contributed by atoms with Crippen molar-refractivity contribution in [2.24, 2.45) is 0 Å². The normalized spacial score (nSPS) is 10.9. The maximum atomic E-state index is 5.25. The third-order valence-electron chi connectivity index (χ3n) is 2.93. The van der Waals surface area contributed by atoms with E-state index in [1.54, 1.807) is 7.11 Å². The molecule has 2 nitrogen and oxygen atoms in total. The van der Waals surface area contributed by atoms with Crippen LogP contribution in [-0.2, 0) is 6.42 Å². The van der Waals surface area contributed by atoms with Gasteiger partial charge in [-0.25, -0.2) is 0 Å². The largest absolute Gasteiger partial charge is 0.497 e. The second-order valence-corrected chi connectivity index (χ2v) is 4.73. The number of hydrogen-bond acceptors (Lipinski definition) is 1. The molecular formula is C13H16BrNO. The summed E-state index contributed by atoms with van der Waals surface area (Å²) in [5.41, 5.74) is 3.88.